The summed E-state index contributed by atoms with van der Waals surface area (Å²) in [7, 11) is 2.04. The molecule has 1 aromatic rings. The molecule has 1 saturated carbocycles. The summed E-state index contributed by atoms with van der Waals surface area (Å²) in [5.74, 6) is 1.69. The van der Waals surface area contributed by atoms with Gasteiger partial charge in [-0.3, -0.25) is 4.68 Å². The van der Waals surface area contributed by atoms with E-state index in [1.54, 1.807) is 0 Å². The summed E-state index contributed by atoms with van der Waals surface area (Å²) in [4.78, 5) is 0. The number of aryl methyl sites for hydroxylation is 1. The molecule has 1 heterocycles. The van der Waals surface area contributed by atoms with Gasteiger partial charge >= 0.3 is 0 Å². The monoisotopic (exact) mass is 193 g/mol. The average molecular weight is 193 g/mol. The molecular weight excluding hydrogens is 174 g/mol. The van der Waals surface area contributed by atoms with E-state index in [0.717, 1.165) is 18.4 Å². The Kier molecular flexibility index (Phi) is 2.59. The number of hydrogen-bond donors (Lipinski definition) is 1. The molecule has 0 bridgehead atoms. The summed E-state index contributed by atoms with van der Waals surface area (Å²) in [6.45, 7) is 5.39. The van der Waals surface area contributed by atoms with Gasteiger partial charge in [-0.15, -0.1) is 0 Å². The quantitative estimate of drug-likeness (QED) is 0.790. The van der Waals surface area contributed by atoms with Crippen molar-refractivity contribution in [3.63, 3.8) is 0 Å². The van der Waals surface area contributed by atoms with Crippen LogP contribution < -0.4 is 5.32 Å². The number of aromatic nitrogens is 2. The van der Waals surface area contributed by atoms with Crippen LogP contribution in [-0.4, -0.2) is 16.8 Å². The molecule has 1 aliphatic carbocycles. The van der Waals surface area contributed by atoms with E-state index in [1.165, 1.54) is 12.0 Å². The fraction of sp³-hybridized carbons (Fsp3) is 0.727. The van der Waals surface area contributed by atoms with Crippen LogP contribution in [0.15, 0.2) is 12.4 Å². The highest BCUT2D eigenvalue weighted by molar-refractivity contribution is 5.15. The first-order valence-electron chi connectivity index (χ1n) is 5.45. The van der Waals surface area contributed by atoms with Gasteiger partial charge in [0.15, 0.2) is 0 Å². The van der Waals surface area contributed by atoms with Crippen molar-refractivity contribution in [1.29, 1.82) is 0 Å². The SMILES string of the molecule is CCn1cc(C(NC)C2CC2C)cn1. The van der Waals surface area contributed by atoms with Gasteiger partial charge in [0.05, 0.1) is 6.20 Å². The molecule has 0 aliphatic heterocycles. The number of hydrogen-bond acceptors (Lipinski definition) is 2. The molecule has 3 atom stereocenters. The minimum atomic E-state index is 0.505. The van der Waals surface area contributed by atoms with Crippen LogP contribution in [0.3, 0.4) is 0 Å². The summed E-state index contributed by atoms with van der Waals surface area (Å²) in [6.07, 6.45) is 5.50. The Balaban J connectivity index is 2.11. The molecule has 14 heavy (non-hydrogen) atoms. The van der Waals surface area contributed by atoms with Gasteiger partial charge in [-0.05, 0) is 32.2 Å². The maximum Gasteiger partial charge on any atom is 0.0537 e. The van der Waals surface area contributed by atoms with Crippen LogP contribution in [0.5, 0.6) is 0 Å². The number of rotatable bonds is 4. The molecule has 3 nitrogen and oxygen atoms in total. The molecule has 0 saturated heterocycles. The number of nitrogens with zero attached hydrogens (tertiary/aromatic N) is 2. The summed E-state index contributed by atoms with van der Waals surface area (Å²) >= 11 is 0. The van der Waals surface area contributed by atoms with E-state index in [2.05, 4.69) is 30.5 Å². The van der Waals surface area contributed by atoms with Crippen LogP contribution in [0.2, 0.25) is 0 Å². The maximum absolute atomic E-state index is 4.32. The van der Waals surface area contributed by atoms with Crippen molar-refractivity contribution in [3.8, 4) is 0 Å². The molecule has 0 amide bonds. The third-order valence-corrected chi connectivity index (χ3v) is 3.25. The molecule has 3 unspecified atom stereocenters. The van der Waals surface area contributed by atoms with Gasteiger partial charge in [-0.25, -0.2) is 0 Å². The zero-order chi connectivity index (χ0) is 10.1. The van der Waals surface area contributed by atoms with E-state index in [1.807, 2.05) is 17.9 Å². The molecular formula is C11H19N3. The highest BCUT2D eigenvalue weighted by atomic mass is 15.3. The fourth-order valence-electron chi connectivity index (χ4n) is 2.16. The van der Waals surface area contributed by atoms with E-state index in [0.29, 0.717) is 6.04 Å². The zero-order valence-electron chi connectivity index (χ0n) is 9.20. The van der Waals surface area contributed by atoms with Gasteiger partial charge in [-0.2, -0.15) is 5.10 Å². The first-order chi connectivity index (χ1) is 6.76. The molecule has 1 fully saturated rings. The second kappa shape index (κ2) is 3.73. The second-order valence-electron chi connectivity index (χ2n) is 4.27. The van der Waals surface area contributed by atoms with E-state index in [-0.39, 0.29) is 0 Å². The second-order valence-corrected chi connectivity index (χ2v) is 4.27. The highest BCUT2D eigenvalue weighted by Gasteiger charge is 2.39. The summed E-state index contributed by atoms with van der Waals surface area (Å²) < 4.78 is 1.99. The molecule has 1 N–H and O–H groups in total. The Bertz CT molecular complexity index is 305. The van der Waals surface area contributed by atoms with E-state index in [9.17, 15) is 0 Å². The van der Waals surface area contributed by atoms with Crippen molar-refractivity contribution >= 4 is 0 Å². The van der Waals surface area contributed by atoms with Gasteiger partial charge in [-0.1, -0.05) is 6.92 Å². The molecule has 1 aromatic heterocycles. The molecule has 0 aromatic carbocycles. The smallest absolute Gasteiger partial charge is 0.0537 e. The largest absolute Gasteiger partial charge is 0.313 e. The third kappa shape index (κ3) is 1.69. The third-order valence-electron chi connectivity index (χ3n) is 3.25. The predicted molar refractivity (Wildman–Crippen MR) is 57.0 cm³/mol. The lowest BCUT2D eigenvalue weighted by atomic mass is 10.1. The van der Waals surface area contributed by atoms with Gasteiger partial charge in [0.25, 0.3) is 0 Å². The first-order valence-corrected chi connectivity index (χ1v) is 5.45. The molecule has 3 heteroatoms. The maximum atomic E-state index is 4.32. The lowest BCUT2D eigenvalue weighted by Crippen LogP contribution is -2.18. The summed E-state index contributed by atoms with van der Waals surface area (Å²) in [6, 6.07) is 0.505. The lowest BCUT2D eigenvalue weighted by Gasteiger charge is -2.13. The van der Waals surface area contributed by atoms with Crippen LogP contribution in [0.1, 0.15) is 31.9 Å². The van der Waals surface area contributed by atoms with E-state index in [4.69, 9.17) is 0 Å². The van der Waals surface area contributed by atoms with Crippen LogP contribution in [0.4, 0.5) is 0 Å². The van der Waals surface area contributed by atoms with Crippen molar-refractivity contribution in [2.24, 2.45) is 11.8 Å². The Hall–Kier alpha value is -0.830. The van der Waals surface area contributed by atoms with Crippen molar-refractivity contribution in [2.45, 2.75) is 32.9 Å². The lowest BCUT2D eigenvalue weighted by molar-refractivity contribution is 0.503. The van der Waals surface area contributed by atoms with E-state index >= 15 is 0 Å². The van der Waals surface area contributed by atoms with Crippen LogP contribution in [-0.2, 0) is 6.54 Å². The van der Waals surface area contributed by atoms with Gasteiger partial charge in [0.2, 0.25) is 0 Å². The molecule has 0 spiro atoms. The van der Waals surface area contributed by atoms with Crippen molar-refractivity contribution < 1.29 is 0 Å². The number of nitrogens with one attached hydrogen (secondary N) is 1. The first kappa shape index (κ1) is 9.71. The molecule has 78 valence electrons. The van der Waals surface area contributed by atoms with Crippen molar-refractivity contribution in [3.05, 3.63) is 18.0 Å². The van der Waals surface area contributed by atoms with Crippen LogP contribution in [0, 0.1) is 11.8 Å². The highest BCUT2D eigenvalue weighted by Crippen LogP contribution is 2.46. The average Bonchev–Trinajstić information content (AvgIpc) is 2.73. The standard InChI is InChI=1S/C11H19N3/c1-4-14-7-9(6-13-14)11(12-3)10-5-8(10)2/h6-8,10-12H,4-5H2,1-3H3. The van der Waals surface area contributed by atoms with Crippen molar-refractivity contribution in [2.75, 3.05) is 7.05 Å². The van der Waals surface area contributed by atoms with Crippen LogP contribution in [0.25, 0.3) is 0 Å². The van der Waals surface area contributed by atoms with Crippen LogP contribution >= 0.6 is 0 Å². The van der Waals surface area contributed by atoms with E-state index < -0.39 is 0 Å². The Morgan fingerprint density at radius 3 is 2.86 bits per heavy atom. The molecule has 1 aliphatic rings. The minimum absolute atomic E-state index is 0.505. The van der Waals surface area contributed by atoms with Gasteiger partial charge in [0, 0.05) is 24.3 Å². The van der Waals surface area contributed by atoms with Gasteiger partial charge in [0.1, 0.15) is 0 Å². The zero-order valence-corrected chi connectivity index (χ0v) is 9.20. The summed E-state index contributed by atoms with van der Waals surface area (Å²) in [5, 5.41) is 7.71. The predicted octanol–water partition coefficient (Wildman–Crippen LogP) is 1.82. The molecule has 2 rings (SSSR count). The minimum Gasteiger partial charge on any atom is -0.313 e. The summed E-state index contributed by atoms with van der Waals surface area (Å²) in [5.41, 5.74) is 1.34. The normalized spacial score (nSPS) is 27.6. The Labute approximate surface area is 85.5 Å². The fourth-order valence-corrected chi connectivity index (χ4v) is 2.16. The Morgan fingerprint density at radius 2 is 2.43 bits per heavy atom. The topological polar surface area (TPSA) is 29.9 Å². The van der Waals surface area contributed by atoms with Gasteiger partial charge < -0.3 is 5.32 Å². The molecule has 0 radical (unpaired) electrons. The van der Waals surface area contributed by atoms with Crippen molar-refractivity contribution in [1.82, 2.24) is 15.1 Å². The Morgan fingerprint density at radius 1 is 1.71 bits per heavy atom.